The van der Waals surface area contributed by atoms with Crippen LogP contribution in [0.1, 0.15) is 67.3 Å². The molecular weight excluding hydrogens is 526 g/mol. The molecule has 0 spiro atoms. The average molecular weight is 560 g/mol. The summed E-state index contributed by atoms with van der Waals surface area (Å²) in [5, 5.41) is 12.0. The molecule has 0 amide bonds. The molecule has 4 aromatic carbocycles. The first-order chi connectivity index (χ1) is 20.9. The summed E-state index contributed by atoms with van der Waals surface area (Å²) < 4.78 is 13.0. The van der Waals surface area contributed by atoms with Crippen LogP contribution in [0.2, 0.25) is 0 Å². The van der Waals surface area contributed by atoms with Gasteiger partial charge in [0.1, 0.15) is 11.5 Å². The Hall–Kier alpha value is -4.81. The number of nitriles is 1. The topological polar surface area (TPSA) is 42.2 Å². The van der Waals surface area contributed by atoms with Crippen molar-refractivity contribution in [2.75, 3.05) is 7.11 Å². The Bertz CT molecular complexity index is 2010. The van der Waals surface area contributed by atoms with E-state index in [1.165, 1.54) is 44.4 Å². The van der Waals surface area contributed by atoms with Crippen molar-refractivity contribution in [3.63, 3.8) is 0 Å². The standard InChI is InChI=1S/C40H33NO2/c1-39(2)35-22-25(24-41)12-19-33(35)36-31-10-6-7-11-32(31)38-34(37(36)39)20-21-40(43-38,28-15-17-30(42-3)18-16-28)29-14-13-26-8-4-5-9-27(26)23-29/h4,6-8,10-12,15-23H,5,9,13-14H2,1-3H3. The predicted molar refractivity (Wildman–Crippen MR) is 173 cm³/mol. The van der Waals surface area contributed by atoms with E-state index in [-0.39, 0.29) is 5.41 Å². The largest absolute Gasteiger partial charge is 0.497 e. The Morgan fingerprint density at radius 3 is 2.49 bits per heavy atom. The van der Waals surface area contributed by atoms with Crippen LogP contribution in [-0.4, -0.2) is 7.11 Å². The van der Waals surface area contributed by atoms with E-state index in [9.17, 15) is 5.26 Å². The number of rotatable bonds is 3. The first kappa shape index (κ1) is 25.9. The van der Waals surface area contributed by atoms with Gasteiger partial charge in [0, 0.05) is 21.9 Å². The van der Waals surface area contributed by atoms with Crippen molar-refractivity contribution in [3.05, 3.63) is 136 Å². The molecular formula is C40H33NO2. The van der Waals surface area contributed by atoms with Crippen molar-refractivity contribution in [3.8, 4) is 28.7 Å². The Balaban J connectivity index is 1.40. The Morgan fingerprint density at radius 2 is 1.70 bits per heavy atom. The Kier molecular flexibility index (Phi) is 5.62. The second kappa shape index (κ2) is 9.35. The maximum Gasteiger partial charge on any atom is 0.174 e. The third-order valence-electron chi connectivity index (χ3n) is 9.99. The Morgan fingerprint density at radius 1 is 0.884 bits per heavy atom. The third-order valence-corrected chi connectivity index (χ3v) is 9.99. The summed E-state index contributed by atoms with van der Waals surface area (Å²) in [4.78, 5) is 0. The number of methoxy groups -OCH3 is 1. The van der Waals surface area contributed by atoms with Crippen LogP contribution in [0.5, 0.6) is 11.5 Å². The van der Waals surface area contributed by atoms with Crippen molar-refractivity contribution in [2.24, 2.45) is 0 Å². The van der Waals surface area contributed by atoms with Gasteiger partial charge in [-0.1, -0.05) is 80.6 Å². The van der Waals surface area contributed by atoms with Crippen LogP contribution in [0.4, 0.5) is 0 Å². The molecule has 0 bridgehead atoms. The van der Waals surface area contributed by atoms with Crippen molar-refractivity contribution in [1.29, 1.82) is 5.26 Å². The first-order valence-corrected chi connectivity index (χ1v) is 15.2. The minimum Gasteiger partial charge on any atom is -0.497 e. The molecule has 0 aromatic heterocycles. The fourth-order valence-electron chi connectivity index (χ4n) is 7.84. The van der Waals surface area contributed by atoms with Crippen LogP contribution in [0.15, 0.2) is 108 Å². The van der Waals surface area contributed by atoms with Crippen LogP contribution >= 0.6 is 0 Å². The van der Waals surface area contributed by atoms with Gasteiger partial charge >= 0.3 is 0 Å². The van der Waals surface area contributed by atoms with Gasteiger partial charge in [-0.2, -0.15) is 5.26 Å². The van der Waals surface area contributed by atoms with Gasteiger partial charge in [0.15, 0.2) is 5.60 Å². The van der Waals surface area contributed by atoms with E-state index in [4.69, 9.17) is 9.47 Å². The maximum absolute atomic E-state index is 9.71. The SMILES string of the molecule is COc1ccc(C2(C3=CC4=C(C=CCC4)CC3)C=Cc3c4c(c5ccccc5c3O2)-c2ccc(C#N)cc2C4(C)C)cc1. The number of hydrogen-bond donors (Lipinski definition) is 0. The quantitative estimate of drug-likeness (QED) is 0.251. The summed E-state index contributed by atoms with van der Waals surface area (Å²) in [6.07, 6.45) is 15.8. The zero-order valence-corrected chi connectivity index (χ0v) is 24.8. The van der Waals surface area contributed by atoms with Gasteiger partial charge in [-0.05, 0) is 100 Å². The number of allylic oxidation sites excluding steroid dienone is 5. The molecule has 0 saturated carbocycles. The summed E-state index contributed by atoms with van der Waals surface area (Å²) >= 11 is 0. The Labute approximate surface area is 253 Å². The van der Waals surface area contributed by atoms with E-state index in [0.29, 0.717) is 5.56 Å². The highest BCUT2D eigenvalue weighted by atomic mass is 16.5. The van der Waals surface area contributed by atoms with E-state index in [1.54, 1.807) is 7.11 Å². The van der Waals surface area contributed by atoms with E-state index >= 15 is 0 Å². The van der Waals surface area contributed by atoms with Crippen molar-refractivity contribution < 1.29 is 9.47 Å². The number of hydrogen-bond acceptors (Lipinski definition) is 3. The number of nitrogens with zero attached hydrogens (tertiary/aromatic N) is 1. The molecule has 1 atom stereocenters. The fraction of sp³-hybridized carbons (Fsp3) is 0.225. The molecule has 0 radical (unpaired) electrons. The van der Waals surface area contributed by atoms with Crippen LogP contribution < -0.4 is 9.47 Å². The van der Waals surface area contributed by atoms with Gasteiger partial charge in [-0.25, -0.2) is 0 Å². The van der Waals surface area contributed by atoms with Gasteiger partial charge in [0.05, 0.1) is 18.7 Å². The van der Waals surface area contributed by atoms with Crippen LogP contribution in [0.3, 0.4) is 0 Å². The molecule has 0 saturated heterocycles. The second-order valence-electron chi connectivity index (χ2n) is 12.6. The molecule has 3 heteroatoms. The van der Waals surface area contributed by atoms with Gasteiger partial charge in [-0.15, -0.1) is 0 Å². The van der Waals surface area contributed by atoms with Gasteiger partial charge in [0.2, 0.25) is 0 Å². The molecule has 4 aromatic rings. The van der Waals surface area contributed by atoms with Crippen molar-refractivity contribution in [1.82, 2.24) is 0 Å². The van der Waals surface area contributed by atoms with Gasteiger partial charge in [-0.3, -0.25) is 0 Å². The molecule has 3 aliphatic carbocycles. The van der Waals surface area contributed by atoms with Crippen LogP contribution in [0, 0.1) is 11.3 Å². The minimum atomic E-state index is -0.737. The van der Waals surface area contributed by atoms with Gasteiger partial charge in [0.25, 0.3) is 0 Å². The van der Waals surface area contributed by atoms with Gasteiger partial charge < -0.3 is 9.47 Å². The highest BCUT2D eigenvalue weighted by Gasteiger charge is 2.45. The van der Waals surface area contributed by atoms with E-state index in [0.717, 1.165) is 53.7 Å². The van der Waals surface area contributed by atoms with Crippen LogP contribution in [0.25, 0.3) is 28.0 Å². The molecule has 8 rings (SSSR count). The third kappa shape index (κ3) is 3.66. The van der Waals surface area contributed by atoms with Crippen LogP contribution in [-0.2, 0) is 11.0 Å². The summed E-state index contributed by atoms with van der Waals surface area (Å²) in [6, 6.07) is 25.5. The molecule has 3 nitrogen and oxygen atoms in total. The average Bonchev–Trinajstić information content (AvgIpc) is 3.30. The molecule has 0 N–H and O–H groups in total. The highest BCUT2D eigenvalue weighted by Crippen LogP contribution is 2.58. The second-order valence-corrected chi connectivity index (χ2v) is 12.6. The lowest BCUT2D eigenvalue weighted by Gasteiger charge is -2.41. The van der Waals surface area contributed by atoms with Crippen molar-refractivity contribution in [2.45, 2.75) is 50.5 Å². The van der Waals surface area contributed by atoms with E-state index in [1.807, 2.05) is 18.2 Å². The molecule has 0 fully saturated rings. The molecule has 4 aliphatic rings. The zero-order valence-electron chi connectivity index (χ0n) is 24.8. The number of ether oxygens (including phenoxy) is 2. The smallest absolute Gasteiger partial charge is 0.174 e. The molecule has 1 aliphatic heterocycles. The molecule has 210 valence electrons. The monoisotopic (exact) mass is 559 g/mol. The molecule has 1 heterocycles. The highest BCUT2D eigenvalue weighted by molar-refractivity contribution is 6.08. The minimum absolute atomic E-state index is 0.294. The lowest BCUT2D eigenvalue weighted by Crippen LogP contribution is -2.36. The summed E-state index contributed by atoms with van der Waals surface area (Å²) in [5.74, 6) is 1.76. The lowest BCUT2D eigenvalue weighted by molar-refractivity contribution is 0.153. The predicted octanol–water partition coefficient (Wildman–Crippen LogP) is 9.69. The first-order valence-electron chi connectivity index (χ1n) is 15.2. The summed E-state index contributed by atoms with van der Waals surface area (Å²) in [5.41, 5.74) is 11.0. The number of benzene rings is 4. The van der Waals surface area contributed by atoms with E-state index < -0.39 is 5.60 Å². The normalized spacial score (nSPS) is 20.8. The molecule has 43 heavy (non-hydrogen) atoms. The zero-order chi connectivity index (χ0) is 29.3. The summed E-state index contributed by atoms with van der Waals surface area (Å²) in [6.45, 7) is 4.56. The maximum atomic E-state index is 9.71. The molecule has 1 unspecified atom stereocenters. The fourth-order valence-corrected chi connectivity index (χ4v) is 7.84. The van der Waals surface area contributed by atoms with E-state index in [2.05, 4.69) is 98.8 Å². The summed E-state index contributed by atoms with van der Waals surface area (Å²) in [7, 11) is 1.71. The number of fused-ring (bicyclic) bond motifs is 8. The van der Waals surface area contributed by atoms with Crippen molar-refractivity contribution >= 4 is 16.8 Å². The lowest BCUT2D eigenvalue weighted by atomic mass is 9.74.